The van der Waals surface area contributed by atoms with Gasteiger partial charge in [0.2, 0.25) is 0 Å². The number of benzene rings is 4. The zero-order valence-corrected chi connectivity index (χ0v) is 20.2. The molecule has 1 heterocycles. The summed E-state index contributed by atoms with van der Waals surface area (Å²) < 4.78 is 0. The molecule has 0 spiro atoms. The van der Waals surface area contributed by atoms with Crippen LogP contribution < -0.4 is 16.0 Å². The van der Waals surface area contributed by atoms with Gasteiger partial charge in [0.25, 0.3) is 0 Å². The largest absolute Gasteiger partial charge is 0.367 e. The Bertz CT molecular complexity index is 1220. The van der Waals surface area contributed by atoms with Crippen LogP contribution in [0.3, 0.4) is 0 Å². The lowest BCUT2D eigenvalue weighted by Gasteiger charge is -2.30. The molecule has 34 heavy (non-hydrogen) atoms. The van der Waals surface area contributed by atoms with Gasteiger partial charge in [0.1, 0.15) is 0 Å². The normalized spacial score (nSPS) is 17.8. The van der Waals surface area contributed by atoms with E-state index < -0.39 is 0 Å². The summed E-state index contributed by atoms with van der Waals surface area (Å²) in [6.07, 6.45) is 1.11. The first kappa shape index (κ1) is 22.9. The monoisotopic (exact) mass is 469 g/mol. The van der Waals surface area contributed by atoms with Gasteiger partial charge in [0, 0.05) is 30.3 Å². The van der Waals surface area contributed by atoms with E-state index in [2.05, 4.69) is 89.1 Å². The Kier molecular flexibility index (Phi) is 7.15. The minimum atomic E-state index is 0.552. The molecule has 5 rings (SSSR count). The topological polar surface area (TPSA) is 41.3 Å². The molecule has 0 amide bonds. The molecule has 2 unspecified atom stereocenters. The second-order valence-corrected chi connectivity index (χ2v) is 9.84. The van der Waals surface area contributed by atoms with Crippen molar-refractivity contribution < 1.29 is 0 Å². The maximum atomic E-state index is 6.22. The predicted octanol–water partition coefficient (Wildman–Crippen LogP) is 6.04. The summed E-state index contributed by atoms with van der Waals surface area (Å²) in [7, 11) is 0. The van der Waals surface area contributed by atoms with Crippen molar-refractivity contribution in [2.45, 2.75) is 19.5 Å². The molecular formula is C30H32ClN3. The van der Waals surface area contributed by atoms with Crippen LogP contribution in [0.15, 0.2) is 91.0 Å². The highest BCUT2D eigenvalue weighted by Gasteiger charge is 2.29. The molecule has 0 radical (unpaired) electrons. The third-order valence-electron chi connectivity index (χ3n) is 7.10. The molecule has 174 valence electrons. The van der Waals surface area contributed by atoms with Crippen LogP contribution >= 0.6 is 11.6 Å². The molecule has 4 aromatic rings. The molecule has 0 aliphatic carbocycles. The van der Waals surface area contributed by atoms with Gasteiger partial charge < -0.3 is 16.0 Å². The van der Waals surface area contributed by atoms with E-state index in [-0.39, 0.29) is 0 Å². The van der Waals surface area contributed by atoms with E-state index in [9.17, 15) is 0 Å². The average Bonchev–Trinajstić information content (AvgIpc) is 3.30. The van der Waals surface area contributed by atoms with Crippen molar-refractivity contribution in [1.82, 2.24) is 5.32 Å². The quantitative estimate of drug-likeness (QED) is 0.330. The molecule has 4 aromatic carbocycles. The number of nitrogens with zero attached hydrogens (tertiary/aromatic N) is 1. The van der Waals surface area contributed by atoms with Crippen LogP contribution in [0.2, 0.25) is 5.02 Å². The van der Waals surface area contributed by atoms with Gasteiger partial charge in [0.05, 0.1) is 0 Å². The van der Waals surface area contributed by atoms with Gasteiger partial charge in [0.15, 0.2) is 0 Å². The van der Waals surface area contributed by atoms with Crippen LogP contribution in [0.5, 0.6) is 0 Å². The molecule has 2 atom stereocenters. The molecular weight excluding hydrogens is 438 g/mol. The SMILES string of the molecule is NCc1cccc2ccc(CN(CC3CNCC3Cc3ccccc3)c3ccc(Cl)cc3)cc12. The fraction of sp³-hybridized carbons (Fsp3) is 0.267. The second kappa shape index (κ2) is 10.6. The van der Waals surface area contributed by atoms with Crippen molar-refractivity contribution in [2.75, 3.05) is 24.5 Å². The molecule has 0 saturated carbocycles. The van der Waals surface area contributed by atoms with Crippen molar-refractivity contribution in [3.05, 3.63) is 113 Å². The Balaban J connectivity index is 1.41. The number of hydrogen-bond acceptors (Lipinski definition) is 3. The highest BCUT2D eigenvalue weighted by molar-refractivity contribution is 6.30. The molecule has 4 heteroatoms. The summed E-state index contributed by atoms with van der Waals surface area (Å²) in [6.45, 7) is 4.53. The smallest absolute Gasteiger partial charge is 0.0429 e. The third kappa shape index (κ3) is 5.28. The first-order valence-electron chi connectivity index (χ1n) is 12.2. The van der Waals surface area contributed by atoms with E-state index in [1.807, 2.05) is 12.1 Å². The molecule has 1 aliphatic heterocycles. The number of halogens is 1. The van der Waals surface area contributed by atoms with Crippen molar-refractivity contribution in [2.24, 2.45) is 17.6 Å². The van der Waals surface area contributed by atoms with Crippen LogP contribution in [-0.4, -0.2) is 19.6 Å². The van der Waals surface area contributed by atoms with E-state index in [1.165, 1.54) is 33.2 Å². The van der Waals surface area contributed by atoms with Gasteiger partial charge in [-0.2, -0.15) is 0 Å². The fourth-order valence-corrected chi connectivity index (χ4v) is 5.36. The van der Waals surface area contributed by atoms with Crippen LogP contribution in [0.25, 0.3) is 10.8 Å². The number of hydrogen-bond donors (Lipinski definition) is 2. The highest BCUT2D eigenvalue weighted by Crippen LogP contribution is 2.28. The number of anilines is 1. The molecule has 0 bridgehead atoms. The van der Waals surface area contributed by atoms with Crippen molar-refractivity contribution in [3.63, 3.8) is 0 Å². The molecule has 3 N–H and O–H groups in total. The summed E-state index contributed by atoms with van der Waals surface area (Å²) in [5.74, 6) is 1.20. The fourth-order valence-electron chi connectivity index (χ4n) is 5.23. The summed E-state index contributed by atoms with van der Waals surface area (Å²) >= 11 is 6.22. The predicted molar refractivity (Wildman–Crippen MR) is 144 cm³/mol. The number of rotatable bonds is 8. The van der Waals surface area contributed by atoms with Crippen LogP contribution in [0.4, 0.5) is 5.69 Å². The molecule has 3 nitrogen and oxygen atoms in total. The number of nitrogens with two attached hydrogens (primary N) is 1. The highest BCUT2D eigenvalue weighted by atomic mass is 35.5. The lowest BCUT2D eigenvalue weighted by Crippen LogP contribution is -2.33. The average molecular weight is 470 g/mol. The van der Waals surface area contributed by atoms with Crippen LogP contribution in [-0.2, 0) is 19.5 Å². The van der Waals surface area contributed by atoms with Gasteiger partial charge in [-0.3, -0.25) is 0 Å². The van der Waals surface area contributed by atoms with Crippen LogP contribution in [0, 0.1) is 11.8 Å². The number of fused-ring (bicyclic) bond motifs is 1. The minimum Gasteiger partial charge on any atom is -0.367 e. The van der Waals surface area contributed by atoms with Gasteiger partial charge in [-0.1, -0.05) is 72.3 Å². The molecule has 1 fully saturated rings. The Morgan fingerprint density at radius 1 is 0.824 bits per heavy atom. The van der Waals surface area contributed by atoms with E-state index in [1.54, 1.807) is 0 Å². The summed E-state index contributed by atoms with van der Waals surface area (Å²) in [5, 5.41) is 6.92. The van der Waals surface area contributed by atoms with E-state index in [0.717, 1.165) is 37.6 Å². The first-order chi connectivity index (χ1) is 16.7. The van der Waals surface area contributed by atoms with Gasteiger partial charge >= 0.3 is 0 Å². The molecule has 0 aromatic heterocycles. The zero-order valence-electron chi connectivity index (χ0n) is 19.5. The second-order valence-electron chi connectivity index (χ2n) is 9.40. The summed E-state index contributed by atoms with van der Waals surface area (Å²) in [6, 6.07) is 32.3. The van der Waals surface area contributed by atoms with Crippen molar-refractivity contribution in [1.29, 1.82) is 0 Å². The number of nitrogens with one attached hydrogen (secondary N) is 1. The molecule has 1 aliphatic rings. The van der Waals surface area contributed by atoms with Crippen LogP contribution in [0.1, 0.15) is 16.7 Å². The minimum absolute atomic E-state index is 0.552. The van der Waals surface area contributed by atoms with E-state index in [4.69, 9.17) is 17.3 Å². The zero-order chi connectivity index (χ0) is 23.3. The van der Waals surface area contributed by atoms with Crippen molar-refractivity contribution >= 4 is 28.1 Å². The van der Waals surface area contributed by atoms with E-state index >= 15 is 0 Å². The lowest BCUT2D eigenvalue weighted by atomic mass is 9.89. The van der Waals surface area contributed by atoms with Gasteiger partial charge in [-0.25, -0.2) is 0 Å². The Hall–Kier alpha value is -2.85. The Labute approximate surface area is 207 Å². The maximum absolute atomic E-state index is 6.22. The Morgan fingerprint density at radius 2 is 1.62 bits per heavy atom. The van der Waals surface area contributed by atoms with Gasteiger partial charge in [-0.15, -0.1) is 0 Å². The van der Waals surface area contributed by atoms with Crippen molar-refractivity contribution in [3.8, 4) is 0 Å². The standard InChI is InChI=1S/C30H32ClN3/c31-28-11-13-29(14-12-28)34(20-23-9-10-24-7-4-8-25(17-32)30(24)16-23)21-27-19-33-18-26(27)15-22-5-2-1-3-6-22/h1-14,16,26-27,33H,15,17-21,32H2. The maximum Gasteiger partial charge on any atom is 0.0429 e. The summed E-state index contributed by atoms with van der Waals surface area (Å²) in [4.78, 5) is 2.51. The van der Waals surface area contributed by atoms with E-state index in [0.29, 0.717) is 18.4 Å². The first-order valence-corrected chi connectivity index (χ1v) is 12.5. The lowest BCUT2D eigenvalue weighted by molar-refractivity contribution is 0.413. The van der Waals surface area contributed by atoms with Gasteiger partial charge in [-0.05, 0) is 89.1 Å². The molecule has 1 saturated heterocycles. The summed E-state index contributed by atoms with van der Waals surface area (Å²) in [5.41, 5.74) is 11.2. The third-order valence-corrected chi connectivity index (χ3v) is 7.35. The Morgan fingerprint density at radius 3 is 2.41 bits per heavy atom.